The highest BCUT2D eigenvalue weighted by Crippen LogP contribution is 2.30. The number of rotatable bonds is 6. The molecular weight excluding hydrogens is 308 g/mol. The van der Waals surface area contributed by atoms with Gasteiger partial charge in [0.15, 0.2) is 5.78 Å². The van der Waals surface area contributed by atoms with Gasteiger partial charge in [-0.25, -0.2) is 0 Å². The number of hydrogen-bond acceptors (Lipinski definition) is 5. The van der Waals surface area contributed by atoms with Crippen molar-refractivity contribution < 1.29 is 14.8 Å². The molecule has 0 spiro atoms. The topological polar surface area (TPSA) is 83.7 Å². The molecule has 1 N–H and O–H groups in total. The highest BCUT2D eigenvalue weighted by atomic mass is 16.6. The van der Waals surface area contributed by atoms with Crippen LogP contribution < -0.4 is 4.90 Å². The van der Waals surface area contributed by atoms with Crippen LogP contribution in [0.25, 0.3) is 0 Å². The predicted molar refractivity (Wildman–Crippen MR) is 92.5 cm³/mol. The van der Waals surface area contributed by atoms with Crippen molar-refractivity contribution in [2.24, 2.45) is 0 Å². The first-order chi connectivity index (χ1) is 11.2. The van der Waals surface area contributed by atoms with Crippen LogP contribution in [0.15, 0.2) is 48.5 Å². The van der Waals surface area contributed by atoms with Gasteiger partial charge in [0.05, 0.1) is 10.5 Å². The first-order valence-electron chi connectivity index (χ1n) is 7.51. The fourth-order valence-electron chi connectivity index (χ4n) is 2.56. The van der Waals surface area contributed by atoms with Crippen LogP contribution in [0.1, 0.15) is 29.8 Å². The molecule has 2 aromatic carbocycles. The number of anilines is 1. The minimum Gasteiger partial charge on any atom is -0.389 e. The van der Waals surface area contributed by atoms with Crippen molar-refractivity contribution in [3.63, 3.8) is 0 Å². The van der Waals surface area contributed by atoms with E-state index >= 15 is 0 Å². The Morgan fingerprint density at radius 2 is 1.79 bits per heavy atom. The molecule has 0 atom stereocenters. The zero-order chi connectivity index (χ0) is 17.9. The summed E-state index contributed by atoms with van der Waals surface area (Å²) < 4.78 is 0. The summed E-state index contributed by atoms with van der Waals surface area (Å²) >= 11 is 0. The largest absolute Gasteiger partial charge is 0.389 e. The molecule has 0 heterocycles. The lowest BCUT2D eigenvalue weighted by molar-refractivity contribution is -0.384. The van der Waals surface area contributed by atoms with Gasteiger partial charge < -0.3 is 10.0 Å². The summed E-state index contributed by atoms with van der Waals surface area (Å²) in [6.07, 6.45) is 0. The van der Waals surface area contributed by atoms with Gasteiger partial charge in [-0.3, -0.25) is 14.9 Å². The number of ketones is 1. The average Bonchev–Trinajstić information content (AvgIpc) is 2.52. The summed E-state index contributed by atoms with van der Waals surface area (Å²) in [5, 5.41) is 21.3. The van der Waals surface area contributed by atoms with Gasteiger partial charge in [-0.1, -0.05) is 30.3 Å². The molecule has 0 fully saturated rings. The van der Waals surface area contributed by atoms with Crippen LogP contribution >= 0.6 is 0 Å². The van der Waals surface area contributed by atoms with Crippen LogP contribution in [0.5, 0.6) is 0 Å². The number of likely N-dealkylation sites (N-methyl/N-ethyl adjacent to an activating group) is 1. The number of carbonyl (C=O) groups excluding carboxylic acids is 1. The number of nitro benzene ring substituents is 1. The van der Waals surface area contributed by atoms with Gasteiger partial charge in [0.25, 0.3) is 5.69 Å². The third-order valence-corrected chi connectivity index (χ3v) is 3.51. The molecule has 2 aromatic rings. The molecule has 0 saturated heterocycles. The lowest BCUT2D eigenvalue weighted by Crippen LogP contribution is -2.36. The van der Waals surface area contributed by atoms with Gasteiger partial charge in [0.1, 0.15) is 5.69 Å². The van der Waals surface area contributed by atoms with E-state index in [1.165, 1.54) is 6.07 Å². The second-order valence-corrected chi connectivity index (χ2v) is 6.32. The summed E-state index contributed by atoms with van der Waals surface area (Å²) in [6.45, 7) is 3.48. The molecule has 24 heavy (non-hydrogen) atoms. The highest BCUT2D eigenvalue weighted by Gasteiger charge is 2.24. The number of nitrogens with zero attached hydrogens (tertiary/aromatic N) is 2. The SMILES string of the molecule is CN(CC(C)(C)O)c1ccc(C(=O)c2ccccc2)cc1[N+](=O)[O-]. The van der Waals surface area contributed by atoms with E-state index in [4.69, 9.17) is 0 Å². The second kappa shape index (κ2) is 6.80. The quantitative estimate of drug-likeness (QED) is 0.500. The third kappa shape index (κ3) is 4.17. The molecule has 0 radical (unpaired) electrons. The van der Waals surface area contributed by atoms with Crippen LogP contribution in [-0.4, -0.2) is 35.0 Å². The van der Waals surface area contributed by atoms with Gasteiger partial charge in [-0.05, 0) is 26.0 Å². The second-order valence-electron chi connectivity index (χ2n) is 6.32. The predicted octanol–water partition coefficient (Wildman–Crippen LogP) is 3.03. The molecule has 126 valence electrons. The van der Waals surface area contributed by atoms with E-state index in [0.717, 1.165) is 0 Å². The maximum atomic E-state index is 12.5. The molecule has 0 aliphatic carbocycles. The van der Waals surface area contributed by atoms with Gasteiger partial charge >= 0.3 is 0 Å². The van der Waals surface area contributed by atoms with Gasteiger partial charge in [0, 0.05) is 30.8 Å². The Hall–Kier alpha value is -2.73. The monoisotopic (exact) mass is 328 g/mol. The Bertz CT molecular complexity index is 751. The Labute approximate surface area is 140 Å². The minimum absolute atomic E-state index is 0.163. The van der Waals surface area contributed by atoms with Crippen molar-refractivity contribution in [1.82, 2.24) is 0 Å². The maximum Gasteiger partial charge on any atom is 0.293 e. The Morgan fingerprint density at radius 3 is 2.33 bits per heavy atom. The normalized spacial score (nSPS) is 11.2. The molecule has 0 saturated carbocycles. The fraction of sp³-hybridized carbons (Fsp3) is 0.278. The van der Waals surface area contributed by atoms with Crippen molar-refractivity contribution in [3.05, 3.63) is 69.8 Å². The standard InChI is InChI=1S/C18H20N2O4/c1-18(2,22)12-19(3)15-10-9-14(11-16(15)20(23)24)17(21)13-7-5-4-6-8-13/h4-11,22H,12H2,1-3H3. The molecule has 6 nitrogen and oxygen atoms in total. The molecule has 0 amide bonds. The highest BCUT2D eigenvalue weighted by molar-refractivity contribution is 6.09. The Morgan fingerprint density at radius 1 is 1.17 bits per heavy atom. The van der Waals surface area contributed by atoms with E-state index in [2.05, 4.69) is 0 Å². The van der Waals surface area contributed by atoms with Crippen molar-refractivity contribution >= 4 is 17.2 Å². The zero-order valence-electron chi connectivity index (χ0n) is 13.9. The summed E-state index contributed by atoms with van der Waals surface area (Å²) in [4.78, 5) is 25.0. The molecule has 0 unspecified atom stereocenters. The van der Waals surface area contributed by atoms with Gasteiger partial charge in [-0.15, -0.1) is 0 Å². The maximum absolute atomic E-state index is 12.5. The van der Waals surface area contributed by atoms with Crippen molar-refractivity contribution in [1.29, 1.82) is 0 Å². The van der Waals surface area contributed by atoms with Crippen LogP contribution in [-0.2, 0) is 0 Å². The smallest absolute Gasteiger partial charge is 0.293 e. The molecule has 2 rings (SSSR count). The van der Waals surface area contributed by atoms with Crippen LogP contribution in [0.2, 0.25) is 0 Å². The molecule has 0 bridgehead atoms. The molecule has 0 aliphatic heterocycles. The van der Waals surface area contributed by atoms with Crippen LogP contribution in [0.3, 0.4) is 0 Å². The number of hydrogen-bond donors (Lipinski definition) is 1. The Balaban J connectivity index is 2.40. The van der Waals surface area contributed by atoms with E-state index in [0.29, 0.717) is 11.3 Å². The van der Waals surface area contributed by atoms with Crippen molar-refractivity contribution in [2.75, 3.05) is 18.5 Å². The summed E-state index contributed by atoms with van der Waals surface area (Å²) in [6, 6.07) is 13.0. The minimum atomic E-state index is -0.999. The summed E-state index contributed by atoms with van der Waals surface area (Å²) in [7, 11) is 1.67. The van der Waals surface area contributed by atoms with E-state index in [1.807, 2.05) is 0 Å². The number of nitro groups is 1. The third-order valence-electron chi connectivity index (χ3n) is 3.51. The number of aliphatic hydroxyl groups is 1. The number of carbonyl (C=O) groups is 1. The van der Waals surface area contributed by atoms with E-state index < -0.39 is 10.5 Å². The van der Waals surface area contributed by atoms with Gasteiger partial charge in [-0.2, -0.15) is 0 Å². The van der Waals surface area contributed by atoms with Crippen LogP contribution in [0.4, 0.5) is 11.4 Å². The molecule has 0 aliphatic rings. The van der Waals surface area contributed by atoms with E-state index in [1.54, 1.807) is 68.3 Å². The van der Waals surface area contributed by atoms with E-state index in [-0.39, 0.29) is 23.6 Å². The average molecular weight is 328 g/mol. The van der Waals surface area contributed by atoms with Crippen molar-refractivity contribution in [3.8, 4) is 0 Å². The summed E-state index contributed by atoms with van der Waals surface area (Å²) in [5.41, 5.74) is -0.0748. The van der Waals surface area contributed by atoms with E-state index in [9.17, 15) is 20.0 Å². The molecular formula is C18H20N2O4. The first-order valence-corrected chi connectivity index (χ1v) is 7.51. The lowest BCUT2D eigenvalue weighted by Gasteiger charge is -2.27. The first kappa shape index (κ1) is 17.6. The Kier molecular flexibility index (Phi) is 4.99. The van der Waals surface area contributed by atoms with Crippen molar-refractivity contribution in [2.45, 2.75) is 19.4 Å². The zero-order valence-corrected chi connectivity index (χ0v) is 13.9. The number of benzene rings is 2. The fourth-order valence-corrected chi connectivity index (χ4v) is 2.56. The lowest BCUT2D eigenvalue weighted by atomic mass is 10.0. The summed E-state index contributed by atoms with van der Waals surface area (Å²) in [5.74, 6) is -0.268. The molecule has 0 aromatic heterocycles. The molecule has 6 heteroatoms. The van der Waals surface area contributed by atoms with Crippen LogP contribution in [0, 0.1) is 10.1 Å². The van der Waals surface area contributed by atoms with Gasteiger partial charge in [0.2, 0.25) is 0 Å².